The largest absolute Gasteiger partial charge is 0.379 e. The minimum absolute atomic E-state index is 0.0199. The minimum atomic E-state index is -3.40. The molecule has 0 aliphatic carbocycles. The highest BCUT2D eigenvalue weighted by molar-refractivity contribution is 7.89. The third-order valence-corrected chi connectivity index (χ3v) is 5.69. The highest BCUT2D eigenvalue weighted by atomic mass is 32.2. The molecule has 112 valence electrons. The summed E-state index contributed by atoms with van der Waals surface area (Å²) in [5.41, 5.74) is 1.98. The number of sulfonamides is 1. The van der Waals surface area contributed by atoms with Crippen LogP contribution in [-0.4, -0.2) is 39.0 Å². The molecule has 0 aromatic heterocycles. The highest BCUT2D eigenvalue weighted by Gasteiger charge is 2.28. The van der Waals surface area contributed by atoms with Crippen LogP contribution in [0.4, 0.5) is 0 Å². The second-order valence-corrected chi connectivity index (χ2v) is 8.15. The quantitative estimate of drug-likeness (QED) is 0.841. The fraction of sp³-hybridized carbons (Fsp3) is 0.600. The van der Waals surface area contributed by atoms with E-state index in [1.54, 1.807) is 6.07 Å². The molecule has 0 atom stereocenters. The monoisotopic (exact) mass is 297 g/mol. The van der Waals surface area contributed by atoms with E-state index < -0.39 is 10.0 Å². The van der Waals surface area contributed by atoms with Crippen molar-refractivity contribution in [2.45, 2.75) is 38.0 Å². The maximum atomic E-state index is 12.6. The van der Waals surface area contributed by atoms with Gasteiger partial charge in [0.15, 0.2) is 0 Å². The Morgan fingerprint density at radius 2 is 1.75 bits per heavy atom. The van der Waals surface area contributed by atoms with Crippen molar-refractivity contribution in [3.05, 3.63) is 29.3 Å². The Morgan fingerprint density at radius 3 is 2.25 bits per heavy atom. The van der Waals surface area contributed by atoms with Gasteiger partial charge in [-0.25, -0.2) is 8.42 Å². The fourth-order valence-electron chi connectivity index (χ4n) is 2.33. The van der Waals surface area contributed by atoms with E-state index in [0.717, 1.165) is 11.1 Å². The SMILES string of the molecule is Cc1cc(C(C)(C)C)ccc1S(=O)(=O)N1CCOCC1. The van der Waals surface area contributed by atoms with Crippen LogP contribution in [0, 0.1) is 6.92 Å². The number of ether oxygens (including phenoxy) is 1. The lowest BCUT2D eigenvalue weighted by Gasteiger charge is -2.27. The van der Waals surface area contributed by atoms with Crippen molar-refractivity contribution in [1.29, 1.82) is 0 Å². The molecule has 1 aromatic rings. The molecule has 0 bridgehead atoms. The summed E-state index contributed by atoms with van der Waals surface area (Å²) in [6, 6.07) is 5.63. The van der Waals surface area contributed by atoms with Crippen LogP contribution in [0.25, 0.3) is 0 Å². The first kappa shape index (κ1) is 15.5. The molecule has 2 rings (SSSR count). The van der Waals surface area contributed by atoms with Crippen molar-refractivity contribution >= 4 is 10.0 Å². The average Bonchev–Trinajstić information content (AvgIpc) is 2.38. The van der Waals surface area contributed by atoms with Gasteiger partial charge >= 0.3 is 0 Å². The summed E-state index contributed by atoms with van der Waals surface area (Å²) in [6.45, 7) is 10.0. The molecule has 1 aliphatic heterocycles. The predicted octanol–water partition coefficient (Wildman–Crippen LogP) is 2.31. The maximum absolute atomic E-state index is 12.6. The van der Waals surface area contributed by atoms with Crippen molar-refractivity contribution in [2.75, 3.05) is 26.3 Å². The molecule has 0 unspecified atom stereocenters. The average molecular weight is 297 g/mol. The molecule has 0 amide bonds. The van der Waals surface area contributed by atoms with Gasteiger partial charge in [-0.3, -0.25) is 0 Å². The van der Waals surface area contributed by atoms with Gasteiger partial charge in [-0.05, 0) is 29.5 Å². The predicted molar refractivity (Wildman–Crippen MR) is 79.5 cm³/mol. The molecule has 1 aromatic carbocycles. The number of hydrogen-bond donors (Lipinski definition) is 0. The van der Waals surface area contributed by atoms with E-state index in [1.807, 2.05) is 19.1 Å². The normalized spacial score (nSPS) is 18.2. The number of aryl methyl sites for hydroxylation is 1. The molecule has 0 N–H and O–H groups in total. The molecule has 20 heavy (non-hydrogen) atoms. The topological polar surface area (TPSA) is 46.6 Å². The van der Waals surface area contributed by atoms with Crippen LogP contribution in [0.2, 0.25) is 0 Å². The Balaban J connectivity index is 2.37. The van der Waals surface area contributed by atoms with Crippen molar-refractivity contribution in [1.82, 2.24) is 4.31 Å². The molecule has 1 aliphatic rings. The number of nitrogens with zero attached hydrogens (tertiary/aromatic N) is 1. The lowest BCUT2D eigenvalue weighted by atomic mass is 9.86. The van der Waals surface area contributed by atoms with Gasteiger partial charge in [0.25, 0.3) is 0 Å². The second kappa shape index (κ2) is 5.47. The number of morpholine rings is 1. The molecule has 1 fully saturated rings. The molecular formula is C15H23NO3S. The third kappa shape index (κ3) is 3.05. The van der Waals surface area contributed by atoms with Gasteiger partial charge in [0, 0.05) is 13.1 Å². The summed E-state index contributed by atoms with van der Waals surface area (Å²) in [6.07, 6.45) is 0. The molecule has 4 nitrogen and oxygen atoms in total. The highest BCUT2D eigenvalue weighted by Crippen LogP contribution is 2.27. The number of hydrogen-bond acceptors (Lipinski definition) is 3. The molecule has 1 heterocycles. The molecule has 0 spiro atoms. The maximum Gasteiger partial charge on any atom is 0.243 e. The minimum Gasteiger partial charge on any atom is -0.379 e. The van der Waals surface area contributed by atoms with Crippen LogP contribution in [0.3, 0.4) is 0 Å². The van der Waals surface area contributed by atoms with Crippen molar-refractivity contribution in [3.8, 4) is 0 Å². The van der Waals surface area contributed by atoms with Gasteiger partial charge < -0.3 is 4.74 Å². The molecule has 0 radical (unpaired) electrons. The van der Waals surface area contributed by atoms with Crippen LogP contribution < -0.4 is 0 Å². The van der Waals surface area contributed by atoms with E-state index in [1.165, 1.54) is 4.31 Å². The van der Waals surface area contributed by atoms with Crippen LogP contribution in [0.1, 0.15) is 31.9 Å². The summed E-state index contributed by atoms with van der Waals surface area (Å²) in [5.74, 6) is 0. The van der Waals surface area contributed by atoms with Gasteiger partial charge in [0.2, 0.25) is 10.0 Å². The Kier molecular flexibility index (Phi) is 4.23. The lowest BCUT2D eigenvalue weighted by Crippen LogP contribution is -2.40. The zero-order chi connectivity index (χ0) is 15.0. The molecule has 0 saturated carbocycles. The number of rotatable bonds is 2. The molecule has 5 heteroatoms. The van der Waals surface area contributed by atoms with E-state index in [9.17, 15) is 8.42 Å². The van der Waals surface area contributed by atoms with Gasteiger partial charge in [-0.1, -0.05) is 32.9 Å². The Hall–Kier alpha value is -0.910. The summed E-state index contributed by atoms with van der Waals surface area (Å²) in [4.78, 5) is 0.410. The first-order chi connectivity index (χ1) is 9.23. The van der Waals surface area contributed by atoms with Crippen molar-refractivity contribution in [2.24, 2.45) is 0 Å². The van der Waals surface area contributed by atoms with Gasteiger partial charge in [0.05, 0.1) is 18.1 Å². The molecular weight excluding hydrogens is 274 g/mol. The van der Waals surface area contributed by atoms with E-state index >= 15 is 0 Å². The van der Waals surface area contributed by atoms with Crippen LogP contribution in [0.15, 0.2) is 23.1 Å². The standard InChI is InChI=1S/C15H23NO3S/c1-12-11-13(15(2,3)4)5-6-14(12)20(17,18)16-7-9-19-10-8-16/h5-6,11H,7-10H2,1-4H3. The lowest BCUT2D eigenvalue weighted by molar-refractivity contribution is 0.0730. The zero-order valence-electron chi connectivity index (χ0n) is 12.6. The summed E-state index contributed by atoms with van der Waals surface area (Å²) in [7, 11) is -3.40. The van der Waals surface area contributed by atoms with Crippen LogP contribution in [-0.2, 0) is 20.2 Å². The summed E-state index contributed by atoms with van der Waals surface area (Å²) < 4.78 is 32.0. The smallest absolute Gasteiger partial charge is 0.243 e. The zero-order valence-corrected chi connectivity index (χ0v) is 13.5. The van der Waals surface area contributed by atoms with E-state index in [2.05, 4.69) is 20.8 Å². The number of benzene rings is 1. The first-order valence-corrected chi connectivity index (χ1v) is 8.36. The van der Waals surface area contributed by atoms with Gasteiger partial charge in [-0.2, -0.15) is 4.31 Å². The first-order valence-electron chi connectivity index (χ1n) is 6.92. The Bertz CT molecular complexity index is 582. The summed E-state index contributed by atoms with van der Waals surface area (Å²) in [5, 5.41) is 0. The van der Waals surface area contributed by atoms with Crippen LogP contribution >= 0.6 is 0 Å². The van der Waals surface area contributed by atoms with Gasteiger partial charge in [0.1, 0.15) is 0 Å². The summed E-state index contributed by atoms with van der Waals surface area (Å²) >= 11 is 0. The van der Waals surface area contributed by atoms with Crippen molar-refractivity contribution < 1.29 is 13.2 Å². The molecule has 1 saturated heterocycles. The van der Waals surface area contributed by atoms with Crippen molar-refractivity contribution in [3.63, 3.8) is 0 Å². The Labute approximate surface area is 121 Å². The van der Waals surface area contributed by atoms with E-state index in [-0.39, 0.29) is 5.41 Å². The van der Waals surface area contributed by atoms with Crippen LogP contribution in [0.5, 0.6) is 0 Å². The third-order valence-electron chi connectivity index (χ3n) is 3.63. The van der Waals surface area contributed by atoms with Gasteiger partial charge in [-0.15, -0.1) is 0 Å². The Morgan fingerprint density at radius 1 is 1.15 bits per heavy atom. The van der Waals surface area contributed by atoms with E-state index in [4.69, 9.17) is 4.74 Å². The second-order valence-electron chi connectivity index (χ2n) is 6.25. The van der Waals surface area contributed by atoms with E-state index in [0.29, 0.717) is 31.2 Å². The fourth-order valence-corrected chi connectivity index (χ4v) is 3.95.